The second kappa shape index (κ2) is 7.59. The number of nitrogens with one attached hydrogen (secondary N) is 2. The number of nitrogens with zero attached hydrogens (tertiary/aromatic N) is 1. The summed E-state index contributed by atoms with van der Waals surface area (Å²) in [5, 5.41) is 9.95. The lowest BCUT2D eigenvalue weighted by Gasteiger charge is -2.09. The van der Waals surface area contributed by atoms with Crippen LogP contribution in [0.1, 0.15) is 25.3 Å². The molecule has 0 saturated carbocycles. The van der Waals surface area contributed by atoms with E-state index < -0.39 is 0 Å². The van der Waals surface area contributed by atoms with Gasteiger partial charge in [-0.2, -0.15) is 5.10 Å². The monoisotopic (exact) mass is 287 g/mol. The molecule has 0 bridgehead atoms. The number of aromatic amines is 1. The van der Waals surface area contributed by atoms with E-state index in [-0.39, 0.29) is 5.56 Å². The highest BCUT2D eigenvalue weighted by atomic mass is 16.5. The molecule has 0 aliphatic heterocycles. The van der Waals surface area contributed by atoms with Gasteiger partial charge in [-0.1, -0.05) is 25.5 Å². The predicted octanol–water partition coefficient (Wildman–Crippen LogP) is 2.34. The quantitative estimate of drug-likeness (QED) is 0.767. The molecule has 112 valence electrons. The van der Waals surface area contributed by atoms with Crippen LogP contribution in [0.2, 0.25) is 0 Å². The zero-order chi connectivity index (χ0) is 15.1. The van der Waals surface area contributed by atoms with E-state index in [4.69, 9.17) is 4.74 Å². The number of hydrogen-bond acceptors (Lipinski definition) is 4. The highest BCUT2D eigenvalue weighted by molar-refractivity contribution is 5.66. The summed E-state index contributed by atoms with van der Waals surface area (Å²) in [6.07, 6.45) is 2.23. The average Bonchev–Trinajstić information content (AvgIpc) is 2.53. The van der Waals surface area contributed by atoms with Crippen LogP contribution in [0.25, 0.3) is 11.3 Å². The number of hydrogen-bond donors (Lipinski definition) is 2. The zero-order valence-electron chi connectivity index (χ0n) is 12.5. The lowest BCUT2D eigenvalue weighted by atomic mass is 10.1. The van der Waals surface area contributed by atoms with Crippen LogP contribution in [0, 0.1) is 0 Å². The third-order valence-electron chi connectivity index (χ3n) is 3.29. The van der Waals surface area contributed by atoms with Crippen molar-refractivity contribution in [2.45, 2.75) is 26.3 Å². The van der Waals surface area contributed by atoms with E-state index in [0.717, 1.165) is 30.7 Å². The van der Waals surface area contributed by atoms with E-state index in [2.05, 4.69) is 22.4 Å². The number of methoxy groups -OCH3 is 1. The fourth-order valence-corrected chi connectivity index (χ4v) is 2.10. The molecule has 0 amide bonds. The van der Waals surface area contributed by atoms with Gasteiger partial charge in [0.1, 0.15) is 5.75 Å². The van der Waals surface area contributed by atoms with Gasteiger partial charge < -0.3 is 10.1 Å². The van der Waals surface area contributed by atoms with Crippen molar-refractivity contribution in [3.63, 3.8) is 0 Å². The topological polar surface area (TPSA) is 67.0 Å². The van der Waals surface area contributed by atoms with Gasteiger partial charge in [0.15, 0.2) is 0 Å². The Labute approximate surface area is 124 Å². The largest absolute Gasteiger partial charge is 0.496 e. The van der Waals surface area contributed by atoms with Crippen molar-refractivity contribution in [3.05, 3.63) is 46.2 Å². The molecule has 1 aromatic heterocycles. The normalized spacial score (nSPS) is 10.6. The smallest absolute Gasteiger partial charge is 0.268 e. The SMILES string of the molecule is CCCCNCc1cc(-c2ccccc2OC)n[nH]c1=O. The first-order valence-corrected chi connectivity index (χ1v) is 7.19. The number of para-hydroxylation sites is 1. The van der Waals surface area contributed by atoms with Gasteiger partial charge in [-0.3, -0.25) is 4.79 Å². The van der Waals surface area contributed by atoms with Crippen LogP contribution in [0.15, 0.2) is 35.1 Å². The van der Waals surface area contributed by atoms with Crippen molar-refractivity contribution >= 4 is 0 Å². The van der Waals surface area contributed by atoms with E-state index >= 15 is 0 Å². The summed E-state index contributed by atoms with van der Waals surface area (Å²) in [5.74, 6) is 0.738. The summed E-state index contributed by atoms with van der Waals surface area (Å²) in [5.41, 5.74) is 2.10. The molecule has 21 heavy (non-hydrogen) atoms. The van der Waals surface area contributed by atoms with Crippen molar-refractivity contribution in [1.29, 1.82) is 0 Å². The fraction of sp³-hybridized carbons (Fsp3) is 0.375. The van der Waals surface area contributed by atoms with Crippen molar-refractivity contribution in [2.24, 2.45) is 0 Å². The van der Waals surface area contributed by atoms with Crippen LogP contribution in [-0.2, 0) is 6.54 Å². The van der Waals surface area contributed by atoms with Crippen LogP contribution in [-0.4, -0.2) is 23.9 Å². The minimum atomic E-state index is -0.155. The number of H-pyrrole nitrogens is 1. The van der Waals surface area contributed by atoms with E-state index in [9.17, 15) is 4.79 Å². The Morgan fingerprint density at radius 2 is 2.14 bits per heavy atom. The van der Waals surface area contributed by atoms with Crippen LogP contribution in [0.5, 0.6) is 5.75 Å². The summed E-state index contributed by atoms with van der Waals surface area (Å²) in [7, 11) is 1.62. The maximum Gasteiger partial charge on any atom is 0.268 e. The van der Waals surface area contributed by atoms with Gasteiger partial charge in [0.25, 0.3) is 5.56 Å². The fourth-order valence-electron chi connectivity index (χ4n) is 2.10. The summed E-state index contributed by atoms with van der Waals surface area (Å²) in [4.78, 5) is 11.8. The number of ether oxygens (including phenoxy) is 1. The number of unbranched alkanes of at least 4 members (excludes halogenated alkanes) is 1. The minimum Gasteiger partial charge on any atom is -0.496 e. The lowest BCUT2D eigenvalue weighted by molar-refractivity contribution is 0.416. The summed E-state index contributed by atoms with van der Waals surface area (Å²) >= 11 is 0. The van der Waals surface area contributed by atoms with E-state index in [0.29, 0.717) is 17.8 Å². The minimum absolute atomic E-state index is 0.155. The van der Waals surface area contributed by atoms with Gasteiger partial charge in [0.2, 0.25) is 0 Å². The number of benzene rings is 1. The second-order valence-electron chi connectivity index (χ2n) is 4.84. The molecule has 0 saturated heterocycles. The highest BCUT2D eigenvalue weighted by Crippen LogP contribution is 2.27. The first-order chi connectivity index (χ1) is 10.3. The van der Waals surface area contributed by atoms with Gasteiger partial charge in [0, 0.05) is 17.7 Å². The zero-order valence-corrected chi connectivity index (χ0v) is 12.5. The molecule has 0 radical (unpaired) electrons. The molecule has 0 fully saturated rings. The van der Waals surface area contributed by atoms with Crippen molar-refractivity contribution in [2.75, 3.05) is 13.7 Å². The second-order valence-corrected chi connectivity index (χ2v) is 4.84. The maximum atomic E-state index is 11.8. The average molecular weight is 287 g/mol. The van der Waals surface area contributed by atoms with Gasteiger partial charge in [-0.15, -0.1) is 0 Å². The van der Waals surface area contributed by atoms with Gasteiger partial charge in [-0.05, 0) is 31.2 Å². The van der Waals surface area contributed by atoms with Crippen molar-refractivity contribution in [1.82, 2.24) is 15.5 Å². The molecule has 5 heteroatoms. The number of aromatic nitrogens is 2. The maximum absolute atomic E-state index is 11.8. The third-order valence-corrected chi connectivity index (χ3v) is 3.29. The first kappa shape index (κ1) is 15.3. The Kier molecular flexibility index (Phi) is 5.51. The molecule has 0 spiro atoms. The van der Waals surface area contributed by atoms with Crippen molar-refractivity contribution in [3.8, 4) is 17.0 Å². The number of rotatable bonds is 7. The molecular formula is C16H21N3O2. The van der Waals surface area contributed by atoms with E-state index in [1.165, 1.54) is 0 Å². The Balaban J connectivity index is 2.23. The van der Waals surface area contributed by atoms with E-state index in [1.54, 1.807) is 7.11 Å². The molecule has 0 unspecified atom stereocenters. The lowest BCUT2D eigenvalue weighted by Crippen LogP contribution is -2.22. The molecule has 2 aromatic rings. The predicted molar refractivity (Wildman–Crippen MR) is 83.5 cm³/mol. The first-order valence-electron chi connectivity index (χ1n) is 7.19. The molecule has 2 rings (SSSR count). The van der Waals surface area contributed by atoms with E-state index in [1.807, 2.05) is 30.3 Å². The van der Waals surface area contributed by atoms with Crippen LogP contribution >= 0.6 is 0 Å². The molecule has 1 aromatic carbocycles. The Bertz CT molecular complexity index is 637. The molecule has 0 aliphatic rings. The molecule has 5 nitrogen and oxygen atoms in total. The van der Waals surface area contributed by atoms with Gasteiger partial charge >= 0.3 is 0 Å². The summed E-state index contributed by atoms with van der Waals surface area (Å²) in [6, 6.07) is 9.44. The molecular weight excluding hydrogens is 266 g/mol. The third kappa shape index (κ3) is 3.92. The molecule has 1 heterocycles. The summed E-state index contributed by atoms with van der Waals surface area (Å²) < 4.78 is 5.34. The van der Waals surface area contributed by atoms with Crippen LogP contribution in [0.4, 0.5) is 0 Å². The summed E-state index contributed by atoms with van der Waals surface area (Å²) in [6.45, 7) is 3.59. The van der Waals surface area contributed by atoms with Crippen LogP contribution in [0.3, 0.4) is 0 Å². The van der Waals surface area contributed by atoms with Crippen molar-refractivity contribution < 1.29 is 4.74 Å². The molecule has 0 aliphatic carbocycles. The molecule has 0 atom stereocenters. The Hall–Kier alpha value is -2.14. The highest BCUT2D eigenvalue weighted by Gasteiger charge is 2.09. The van der Waals surface area contributed by atoms with Gasteiger partial charge in [-0.25, -0.2) is 5.10 Å². The Morgan fingerprint density at radius 1 is 1.33 bits per heavy atom. The van der Waals surface area contributed by atoms with Gasteiger partial charge in [0.05, 0.1) is 12.8 Å². The standard InChI is InChI=1S/C16H21N3O2/c1-3-4-9-17-11-12-10-14(18-19-16(12)20)13-7-5-6-8-15(13)21-2/h5-8,10,17H,3-4,9,11H2,1-2H3,(H,19,20). The molecule has 2 N–H and O–H groups in total. The van der Waals surface area contributed by atoms with Crippen LogP contribution < -0.4 is 15.6 Å². The Morgan fingerprint density at radius 3 is 2.90 bits per heavy atom.